The molecule has 8 nitrogen and oxygen atoms in total. The van der Waals surface area contributed by atoms with Gasteiger partial charge in [-0.3, -0.25) is 0 Å². The van der Waals surface area contributed by atoms with Gasteiger partial charge in [0.05, 0.1) is 22.3 Å². The van der Waals surface area contributed by atoms with E-state index < -0.39 is 23.9 Å². The van der Waals surface area contributed by atoms with Crippen LogP contribution in [0.5, 0.6) is 0 Å². The summed E-state index contributed by atoms with van der Waals surface area (Å²) < 4.78 is 0. The van der Waals surface area contributed by atoms with E-state index in [1.54, 1.807) is 26.0 Å². The van der Waals surface area contributed by atoms with Gasteiger partial charge in [0, 0.05) is 0 Å². The minimum Gasteiger partial charge on any atom is -0.478 e. The van der Waals surface area contributed by atoms with E-state index in [0.717, 1.165) is 5.56 Å². The van der Waals surface area contributed by atoms with E-state index in [1.165, 1.54) is 24.3 Å². The zero-order chi connectivity index (χ0) is 20.0. The van der Waals surface area contributed by atoms with Gasteiger partial charge in [-0.15, -0.1) is 0 Å². The summed E-state index contributed by atoms with van der Waals surface area (Å²) in [4.78, 5) is 42.5. The Hall–Kier alpha value is -3.68. The molecule has 0 aromatic heterocycles. The molecule has 8 heteroatoms. The fourth-order valence-electron chi connectivity index (χ4n) is 2.15. The van der Waals surface area contributed by atoms with Crippen LogP contribution in [0.1, 0.15) is 52.6 Å². The van der Waals surface area contributed by atoms with Crippen molar-refractivity contribution in [2.24, 2.45) is 0 Å². The molecule has 0 fully saturated rings. The number of carboxylic acids is 4. The average Bonchev–Trinajstić information content (AvgIpc) is 2.54. The first kappa shape index (κ1) is 20.4. The van der Waals surface area contributed by atoms with E-state index in [2.05, 4.69) is 0 Å². The standard InChI is InChI=1S/2C9H8O4/c1-5-2-3-6(8(10)11)7(4-5)9(12)13;1-5-3-2-4-6(8(10)11)7(5)9(12)13/h2*2-4H,1H3,(H,10,11)(H,12,13). The van der Waals surface area contributed by atoms with E-state index in [-0.39, 0.29) is 22.3 Å². The number of hydrogen-bond donors (Lipinski definition) is 4. The van der Waals surface area contributed by atoms with Crippen LogP contribution in [0.4, 0.5) is 0 Å². The lowest BCUT2D eigenvalue weighted by Gasteiger charge is -2.03. The predicted octanol–water partition coefficient (Wildman–Crippen LogP) is 2.78. The molecule has 0 aliphatic carbocycles. The molecule has 4 N–H and O–H groups in total. The fourth-order valence-corrected chi connectivity index (χ4v) is 2.15. The van der Waals surface area contributed by atoms with Crippen molar-refractivity contribution < 1.29 is 39.6 Å². The molecule has 0 bridgehead atoms. The van der Waals surface area contributed by atoms with Gasteiger partial charge >= 0.3 is 23.9 Å². The Morgan fingerprint density at radius 1 is 0.654 bits per heavy atom. The van der Waals surface area contributed by atoms with Crippen LogP contribution in [-0.4, -0.2) is 44.3 Å². The molecule has 0 saturated heterocycles. The van der Waals surface area contributed by atoms with Crippen molar-refractivity contribution in [1.82, 2.24) is 0 Å². The second-order valence-corrected chi connectivity index (χ2v) is 5.27. The second kappa shape index (κ2) is 8.43. The number of carbonyl (C=O) groups is 4. The quantitative estimate of drug-likeness (QED) is 0.650. The predicted molar refractivity (Wildman–Crippen MR) is 90.2 cm³/mol. The van der Waals surface area contributed by atoms with Crippen LogP contribution in [0, 0.1) is 13.8 Å². The van der Waals surface area contributed by atoms with Gasteiger partial charge in [0.15, 0.2) is 0 Å². The highest BCUT2D eigenvalue weighted by molar-refractivity contribution is 6.03. The molecule has 0 spiro atoms. The summed E-state index contributed by atoms with van der Waals surface area (Å²) in [6, 6.07) is 8.56. The summed E-state index contributed by atoms with van der Waals surface area (Å²) in [5.41, 5.74) is 0.503. The summed E-state index contributed by atoms with van der Waals surface area (Å²) in [5, 5.41) is 34.7. The molecular weight excluding hydrogens is 344 g/mol. The van der Waals surface area contributed by atoms with Crippen molar-refractivity contribution in [2.45, 2.75) is 13.8 Å². The molecule has 0 atom stereocenters. The first-order valence-electron chi connectivity index (χ1n) is 7.19. The molecule has 136 valence electrons. The highest BCUT2D eigenvalue weighted by Gasteiger charge is 2.17. The topological polar surface area (TPSA) is 149 Å². The Balaban J connectivity index is 0.000000260. The molecule has 0 unspecified atom stereocenters. The second-order valence-electron chi connectivity index (χ2n) is 5.27. The van der Waals surface area contributed by atoms with Gasteiger partial charge in [-0.1, -0.05) is 23.8 Å². The van der Waals surface area contributed by atoms with Crippen molar-refractivity contribution in [2.75, 3.05) is 0 Å². The zero-order valence-electron chi connectivity index (χ0n) is 13.9. The first-order valence-corrected chi connectivity index (χ1v) is 7.19. The Labute approximate surface area is 148 Å². The summed E-state index contributed by atoms with van der Waals surface area (Å²) in [7, 11) is 0. The van der Waals surface area contributed by atoms with Crippen LogP contribution in [0.15, 0.2) is 36.4 Å². The van der Waals surface area contributed by atoms with E-state index in [1.807, 2.05) is 0 Å². The van der Waals surface area contributed by atoms with E-state index in [0.29, 0.717) is 5.56 Å². The number of carboxylic acid groups (broad SMARTS) is 4. The lowest BCUT2D eigenvalue weighted by Crippen LogP contribution is -2.09. The van der Waals surface area contributed by atoms with Crippen molar-refractivity contribution in [3.05, 3.63) is 69.8 Å². The number of rotatable bonds is 4. The number of aryl methyl sites for hydroxylation is 2. The fraction of sp³-hybridized carbons (Fsp3) is 0.111. The molecule has 0 radical (unpaired) electrons. The molecule has 0 saturated carbocycles. The van der Waals surface area contributed by atoms with Crippen molar-refractivity contribution in [3.8, 4) is 0 Å². The largest absolute Gasteiger partial charge is 0.478 e. The molecule has 0 aliphatic heterocycles. The molecule has 0 amide bonds. The Morgan fingerprint density at radius 2 is 1.19 bits per heavy atom. The smallest absolute Gasteiger partial charge is 0.336 e. The summed E-state index contributed by atoms with van der Waals surface area (Å²) in [6.45, 7) is 3.27. The number of benzene rings is 2. The van der Waals surface area contributed by atoms with E-state index >= 15 is 0 Å². The van der Waals surface area contributed by atoms with Gasteiger partial charge < -0.3 is 20.4 Å². The highest BCUT2D eigenvalue weighted by Crippen LogP contribution is 2.14. The van der Waals surface area contributed by atoms with E-state index in [4.69, 9.17) is 20.4 Å². The normalized spacial score (nSPS) is 9.62. The maximum Gasteiger partial charge on any atom is 0.336 e. The molecule has 2 aromatic carbocycles. The van der Waals surface area contributed by atoms with Crippen LogP contribution in [0.25, 0.3) is 0 Å². The van der Waals surface area contributed by atoms with Gasteiger partial charge in [-0.05, 0) is 37.6 Å². The third-order valence-electron chi connectivity index (χ3n) is 3.35. The lowest BCUT2D eigenvalue weighted by atomic mass is 10.0. The lowest BCUT2D eigenvalue weighted by molar-refractivity contribution is 0.0651. The minimum atomic E-state index is -1.22. The minimum absolute atomic E-state index is 0.144. The van der Waals surface area contributed by atoms with Crippen LogP contribution in [0.2, 0.25) is 0 Å². The van der Waals surface area contributed by atoms with Gasteiger partial charge in [-0.25, -0.2) is 19.2 Å². The third kappa shape index (κ3) is 4.91. The van der Waals surface area contributed by atoms with Gasteiger partial charge in [0.25, 0.3) is 0 Å². The van der Waals surface area contributed by atoms with Gasteiger partial charge in [0.2, 0.25) is 0 Å². The van der Waals surface area contributed by atoms with Crippen molar-refractivity contribution >= 4 is 23.9 Å². The molecule has 0 heterocycles. The summed E-state index contributed by atoms with van der Waals surface area (Å²) in [6.07, 6.45) is 0. The third-order valence-corrected chi connectivity index (χ3v) is 3.35. The highest BCUT2D eigenvalue weighted by atomic mass is 16.4. The Morgan fingerprint density at radius 3 is 1.62 bits per heavy atom. The maximum atomic E-state index is 10.7. The molecule has 0 aliphatic rings. The SMILES string of the molecule is Cc1ccc(C(=O)O)c(C(=O)O)c1.Cc1cccc(C(=O)O)c1C(=O)O. The molecular formula is C18H16O8. The number of aromatic carboxylic acids is 4. The van der Waals surface area contributed by atoms with Crippen molar-refractivity contribution in [3.63, 3.8) is 0 Å². The average molecular weight is 360 g/mol. The molecule has 2 aromatic rings. The van der Waals surface area contributed by atoms with Crippen molar-refractivity contribution in [1.29, 1.82) is 0 Å². The Bertz CT molecular complexity index is 871. The van der Waals surface area contributed by atoms with Crippen LogP contribution in [-0.2, 0) is 0 Å². The first-order chi connectivity index (χ1) is 12.1. The molecule has 2 rings (SSSR count). The van der Waals surface area contributed by atoms with Gasteiger partial charge in [0.1, 0.15) is 0 Å². The monoisotopic (exact) mass is 360 g/mol. The zero-order valence-corrected chi connectivity index (χ0v) is 13.9. The summed E-state index contributed by atoms with van der Waals surface area (Å²) in [5.74, 6) is -4.88. The maximum absolute atomic E-state index is 10.7. The summed E-state index contributed by atoms with van der Waals surface area (Å²) >= 11 is 0. The van der Waals surface area contributed by atoms with Crippen LogP contribution < -0.4 is 0 Å². The van der Waals surface area contributed by atoms with Gasteiger partial charge in [-0.2, -0.15) is 0 Å². The van der Waals surface area contributed by atoms with Crippen LogP contribution >= 0.6 is 0 Å². The van der Waals surface area contributed by atoms with Crippen LogP contribution in [0.3, 0.4) is 0 Å². The number of hydrogen-bond acceptors (Lipinski definition) is 4. The Kier molecular flexibility index (Phi) is 6.60. The van der Waals surface area contributed by atoms with E-state index in [9.17, 15) is 19.2 Å². The molecule has 26 heavy (non-hydrogen) atoms.